The molecule has 5 nitrogen and oxygen atoms in total. The minimum Gasteiger partial charge on any atom is -0.492 e. The molecule has 0 atom stereocenters. The van der Waals surface area contributed by atoms with Crippen LogP contribution in [-0.4, -0.2) is 38.1 Å². The molecule has 0 saturated carbocycles. The Morgan fingerprint density at radius 3 is 2.74 bits per heavy atom. The van der Waals surface area contributed by atoms with Crippen LogP contribution in [0, 0.1) is 11.3 Å². The fraction of sp³-hybridized carbons (Fsp3) is 0.222. The van der Waals surface area contributed by atoms with Gasteiger partial charge in [0.2, 0.25) is 0 Å². The Hall–Kier alpha value is -3.00. The van der Waals surface area contributed by atoms with Crippen molar-refractivity contribution in [3.8, 4) is 11.8 Å². The highest BCUT2D eigenvalue weighted by molar-refractivity contribution is 5.99. The predicted molar refractivity (Wildman–Crippen MR) is 89.6 cm³/mol. The maximum atomic E-state index is 12.1. The number of nitrogens with one attached hydrogen (secondary N) is 1. The molecule has 23 heavy (non-hydrogen) atoms. The predicted octanol–water partition coefficient (Wildman–Crippen LogP) is 2.75. The van der Waals surface area contributed by atoms with Crippen LogP contribution in [0.1, 0.15) is 15.9 Å². The first-order valence-electron chi connectivity index (χ1n) is 7.29. The van der Waals surface area contributed by atoms with Crippen LogP contribution >= 0.6 is 0 Å². The van der Waals surface area contributed by atoms with Gasteiger partial charge >= 0.3 is 0 Å². The lowest BCUT2D eigenvalue weighted by atomic mass is 10.1. The highest BCUT2D eigenvalue weighted by atomic mass is 16.5. The Morgan fingerprint density at radius 1 is 1.22 bits per heavy atom. The highest BCUT2D eigenvalue weighted by Gasteiger charge is 2.12. The summed E-state index contributed by atoms with van der Waals surface area (Å²) in [6.45, 7) is 0.980. The highest BCUT2D eigenvalue weighted by Crippen LogP contribution is 2.16. The third kappa shape index (κ3) is 4.48. The van der Waals surface area contributed by atoms with E-state index in [0.29, 0.717) is 30.0 Å². The molecule has 0 unspecified atom stereocenters. The number of nitriles is 1. The molecule has 0 heterocycles. The van der Waals surface area contributed by atoms with Crippen LogP contribution in [0.4, 0.5) is 5.69 Å². The number of nitrogens with zero attached hydrogens (tertiary/aromatic N) is 2. The molecule has 0 aromatic heterocycles. The van der Waals surface area contributed by atoms with E-state index >= 15 is 0 Å². The topological polar surface area (TPSA) is 65.4 Å². The van der Waals surface area contributed by atoms with Crippen LogP contribution in [-0.2, 0) is 0 Å². The fourth-order valence-electron chi connectivity index (χ4n) is 2.07. The average Bonchev–Trinajstić information content (AvgIpc) is 2.58. The Labute approximate surface area is 136 Å². The van der Waals surface area contributed by atoms with E-state index in [0.717, 1.165) is 5.69 Å². The maximum absolute atomic E-state index is 12.1. The smallest absolute Gasteiger partial charge is 0.255 e. The first-order chi connectivity index (χ1) is 11.1. The molecule has 0 aliphatic carbocycles. The monoisotopic (exact) mass is 309 g/mol. The van der Waals surface area contributed by atoms with Crippen LogP contribution in [0.5, 0.6) is 5.75 Å². The Morgan fingerprint density at radius 2 is 2.00 bits per heavy atom. The van der Waals surface area contributed by atoms with Gasteiger partial charge in [-0.05, 0) is 30.3 Å². The number of carbonyl (C=O) groups is 1. The summed E-state index contributed by atoms with van der Waals surface area (Å²) in [5.74, 6) is 0.610. The quantitative estimate of drug-likeness (QED) is 0.833. The van der Waals surface area contributed by atoms with Crippen molar-refractivity contribution in [2.75, 3.05) is 32.6 Å². The van der Waals surface area contributed by atoms with Crippen LogP contribution in [0.2, 0.25) is 0 Å². The first kappa shape index (κ1) is 16.4. The minimum atomic E-state index is -0.0456. The van der Waals surface area contributed by atoms with Gasteiger partial charge in [0.15, 0.2) is 0 Å². The third-order valence-electron chi connectivity index (χ3n) is 3.21. The van der Waals surface area contributed by atoms with Gasteiger partial charge in [-0.3, -0.25) is 4.79 Å². The Balaban J connectivity index is 1.92. The molecule has 1 amide bonds. The summed E-state index contributed by atoms with van der Waals surface area (Å²) in [7, 11) is 3.45. The largest absolute Gasteiger partial charge is 0.492 e. The zero-order chi connectivity index (χ0) is 16.7. The molecule has 0 fully saturated rings. The van der Waals surface area contributed by atoms with Gasteiger partial charge < -0.3 is 15.0 Å². The normalized spacial score (nSPS) is 9.78. The average molecular weight is 309 g/mol. The van der Waals surface area contributed by atoms with E-state index in [2.05, 4.69) is 11.4 Å². The number of hydrogen-bond acceptors (Lipinski definition) is 4. The number of carbonyl (C=O) groups excluding carboxylic acids is 1. The summed E-state index contributed by atoms with van der Waals surface area (Å²) >= 11 is 0. The molecule has 0 bridgehead atoms. The van der Waals surface area contributed by atoms with E-state index in [9.17, 15) is 4.79 Å². The number of hydrogen-bond donors (Lipinski definition) is 1. The van der Waals surface area contributed by atoms with Crippen LogP contribution in [0.3, 0.4) is 0 Å². The molecule has 1 N–H and O–H groups in total. The molecule has 0 aliphatic heterocycles. The molecule has 0 spiro atoms. The Bertz CT molecular complexity index is 720. The lowest BCUT2D eigenvalue weighted by Gasteiger charge is -2.15. The zero-order valence-corrected chi connectivity index (χ0v) is 13.2. The number of benzene rings is 2. The molecule has 5 heteroatoms. The summed E-state index contributed by atoms with van der Waals surface area (Å²) in [6, 6.07) is 16.5. The summed E-state index contributed by atoms with van der Waals surface area (Å²) in [6.07, 6.45) is 0. The molecular weight excluding hydrogens is 290 g/mol. The van der Waals surface area contributed by atoms with Gasteiger partial charge in [0.1, 0.15) is 12.4 Å². The van der Waals surface area contributed by atoms with Crippen LogP contribution in [0.25, 0.3) is 0 Å². The summed E-state index contributed by atoms with van der Waals surface area (Å²) in [5, 5.41) is 12.1. The lowest BCUT2D eigenvalue weighted by molar-refractivity contribution is 0.0828. The maximum Gasteiger partial charge on any atom is 0.255 e. The standard InChI is InChI=1S/C18H19N3O2/c1-21(2)18(22)16-8-3-4-9-17(16)20-10-11-23-15-7-5-6-14(12-15)13-19/h3-9,12,20H,10-11H2,1-2H3. The molecule has 2 aromatic rings. The van der Waals surface area contributed by atoms with Crippen molar-refractivity contribution in [3.63, 3.8) is 0 Å². The van der Waals surface area contributed by atoms with Gasteiger partial charge in [-0.15, -0.1) is 0 Å². The summed E-state index contributed by atoms with van der Waals surface area (Å²) in [5.41, 5.74) is 1.97. The third-order valence-corrected chi connectivity index (χ3v) is 3.21. The number of amides is 1. The van der Waals surface area contributed by atoms with Crippen molar-refractivity contribution in [1.82, 2.24) is 4.90 Å². The number of para-hydroxylation sites is 1. The van der Waals surface area contributed by atoms with E-state index in [1.807, 2.05) is 24.3 Å². The van der Waals surface area contributed by atoms with E-state index in [4.69, 9.17) is 10.00 Å². The van der Waals surface area contributed by atoms with Crippen molar-refractivity contribution >= 4 is 11.6 Å². The van der Waals surface area contributed by atoms with E-state index in [1.165, 1.54) is 0 Å². The van der Waals surface area contributed by atoms with Gasteiger partial charge in [0.05, 0.1) is 17.2 Å². The molecule has 2 aromatic carbocycles. The molecular formula is C18H19N3O2. The number of rotatable bonds is 6. The van der Waals surface area contributed by atoms with Crippen LogP contribution in [0.15, 0.2) is 48.5 Å². The zero-order valence-electron chi connectivity index (χ0n) is 13.2. The van der Waals surface area contributed by atoms with Gasteiger partial charge in [-0.25, -0.2) is 0 Å². The number of ether oxygens (including phenoxy) is 1. The van der Waals surface area contributed by atoms with Crippen molar-refractivity contribution in [2.24, 2.45) is 0 Å². The van der Waals surface area contributed by atoms with Crippen molar-refractivity contribution in [3.05, 3.63) is 59.7 Å². The van der Waals surface area contributed by atoms with Crippen molar-refractivity contribution < 1.29 is 9.53 Å². The molecule has 0 radical (unpaired) electrons. The van der Waals surface area contributed by atoms with E-state index < -0.39 is 0 Å². The fourth-order valence-corrected chi connectivity index (χ4v) is 2.07. The SMILES string of the molecule is CN(C)C(=O)c1ccccc1NCCOc1cccc(C#N)c1. The second kappa shape index (κ2) is 7.85. The van der Waals surface area contributed by atoms with Crippen molar-refractivity contribution in [1.29, 1.82) is 5.26 Å². The Kier molecular flexibility index (Phi) is 5.59. The van der Waals surface area contributed by atoms with E-state index in [-0.39, 0.29) is 5.91 Å². The number of anilines is 1. The van der Waals surface area contributed by atoms with Crippen molar-refractivity contribution in [2.45, 2.75) is 0 Å². The van der Waals surface area contributed by atoms with Crippen LogP contribution < -0.4 is 10.1 Å². The molecule has 0 saturated heterocycles. The van der Waals surface area contributed by atoms with E-state index in [1.54, 1.807) is 43.3 Å². The molecule has 2 rings (SSSR count). The van der Waals surface area contributed by atoms with Gasteiger partial charge in [0.25, 0.3) is 5.91 Å². The van der Waals surface area contributed by atoms with Gasteiger partial charge in [-0.1, -0.05) is 18.2 Å². The second-order valence-corrected chi connectivity index (χ2v) is 5.16. The second-order valence-electron chi connectivity index (χ2n) is 5.16. The van der Waals surface area contributed by atoms with Gasteiger partial charge in [-0.2, -0.15) is 5.26 Å². The molecule has 118 valence electrons. The minimum absolute atomic E-state index is 0.0456. The lowest BCUT2D eigenvalue weighted by Crippen LogP contribution is -2.23. The summed E-state index contributed by atoms with van der Waals surface area (Å²) < 4.78 is 5.61. The summed E-state index contributed by atoms with van der Waals surface area (Å²) in [4.78, 5) is 13.7. The molecule has 0 aliphatic rings. The van der Waals surface area contributed by atoms with Gasteiger partial charge in [0, 0.05) is 26.3 Å². The first-order valence-corrected chi connectivity index (χ1v) is 7.29.